The molecular weight excluding hydrogens is 298 g/mol. The number of aliphatic hydroxyl groups excluding tert-OH is 1. The first kappa shape index (κ1) is 18.5. The maximum absolute atomic E-state index is 10.2. The quantitative estimate of drug-likeness (QED) is 0.805. The zero-order valence-corrected chi connectivity index (χ0v) is 15.1. The Balaban J connectivity index is 1.85. The number of ether oxygens (including phenoxy) is 1. The zero-order chi connectivity index (χ0) is 17.6. The fourth-order valence-electron chi connectivity index (χ4n) is 2.63. The smallest absolute Gasteiger partial charge is 0.123 e. The van der Waals surface area contributed by atoms with E-state index in [4.69, 9.17) is 4.74 Å². The molecule has 2 N–H and O–H groups in total. The fraction of sp³-hybridized carbons (Fsp3) is 0.429. The summed E-state index contributed by atoms with van der Waals surface area (Å²) < 4.78 is 5.87. The van der Waals surface area contributed by atoms with Gasteiger partial charge in [-0.2, -0.15) is 0 Å². The van der Waals surface area contributed by atoms with E-state index in [0.29, 0.717) is 6.54 Å². The second kappa shape index (κ2) is 8.32. The van der Waals surface area contributed by atoms with Crippen LogP contribution in [-0.2, 0) is 5.41 Å². The number of benzene rings is 2. The summed E-state index contributed by atoms with van der Waals surface area (Å²) in [6, 6.07) is 18.5. The minimum absolute atomic E-state index is 0.0155. The molecule has 0 fully saturated rings. The first-order valence-corrected chi connectivity index (χ1v) is 8.56. The Morgan fingerprint density at radius 1 is 1.00 bits per heavy atom. The average molecular weight is 327 g/mol. The fourth-order valence-corrected chi connectivity index (χ4v) is 2.63. The van der Waals surface area contributed by atoms with Crippen LogP contribution in [0.25, 0.3) is 0 Å². The lowest BCUT2D eigenvalue weighted by Gasteiger charge is -2.24. The van der Waals surface area contributed by atoms with Crippen molar-refractivity contribution in [3.8, 4) is 5.75 Å². The molecule has 0 saturated carbocycles. The normalized spacial score (nSPS) is 14.2. The van der Waals surface area contributed by atoms with Gasteiger partial charge in [0.15, 0.2) is 0 Å². The number of nitrogens with one attached hydrogen (secondary N) is 1. The maximum atomic E-state index is 10.2. The third-order valence-electron chi connectivity index (χ3n) is 4.09. The van der Waals surface area contributed by atoms with Crippen LogP contribution in [0.3, 0.4) is 0 Å². The number of hydrogen-bond donors (Lipinski definition) is 2. The van der Waals surface area contributed by atoms with Crippen LogP contribution in [0, 0.1) is 0 Å². The molecule has 0 spiro atoms. The van der Waals surface area contributed by atoms with Gasteiger partial charge in [0, 0.05) is 12.6 Å². The van der Waals surface area contributed by atoms with Gasteiger partial charge >= 0.3 is 0 Å². The topological polar surface area (TPSA) is 41.5 Å². The number of aliphatic hydroxyl groups is 1. The van der Waals surface area contributed by atoms with Gasteiger partial charge in [-0.3, -0.25) is 0 Å². The van der Waals surface area contributed by atoms with E-state index >= 15 is 0 Å². The highest BCUT2D eigenvalue weighted by atomic mass is 16.5. The van der Waals surface area contributed by atoms with Crippen molar-refractivity contribution in [1.82, 2.24) is 5.32 Å². The van der Waals surface area contributed by atoms with E-state index in [0.717, 1.165) is 11.3 Å². The molecule has 0 aromatic heterocycles. The third kappa shape index (κ3) is 5.36. The van der Waals surface area contributed by atoms with Crippen molar-refractivity contribution < 1.29 is 9.84 Å². The van der Waals surface area contributed by atoms with Gasteiger partial charge in [-0.1, -0.05) is 69.3 Å². The Bertz CT molecular complexity index is 619. The molecule has 0 aliphatic rings. The highest BCUT2D eigenvalue weighted by molar-refractivity contribution is 5.38. The molecule has 2 aromatic rings. The van der Waals surface area contributed by atoms with Crippen molar-refractivity contribution >= 4 is 0 Å². The minimum atomic E-state index is -0.552. The summed E-state index contributed by atoms with van der Waals surface area (Å²) in [6.45, 7) is 9.35. The second-order valence-corrected chi connectivity index (χ2v) is 7.25. The molecule has 0 bridgehead atoms. The monoisotopic (exact) mass is 327 g/mol. The molecule has 3 nitrogen and oxygen atoms in total. The van der Waals surface area contributed by atoms with Crippen LogP contribution in [0.5, 0.6) is 5.75 Å². The lowest BCUT2D eigenvalue weighted by Crippen LogP contribution is -2.33. The van der Waals surface area contributed by atoms with Crippen molar-refractivity contribution in [2.24, 2.45) is 0 Å². The standard InChI is InChI=1S/C21H29NO2/c1-16(17-10-6-5-7-11-17)22-14-18(23)15-24-20-13-9-8-12-19(20)21(2,3)4/h5-13,16,18,22-23H,14-15H2,1-4H3/t16-,18+/m0/s1. The first-order chi connectivity index (χ1) is 11.4. The van der Waals surface area contributed by atoms with E-state index in [9.17, 15) is 5.11 Å². The molecule has 0 aliphatic heterocycles. The highest BCUT2D eigenvalue weighted by Gasteiger charge is 2.19. The Morgan fingerprint density at radius 3 is 2.29 bits per heavy atom. The van der Waals surface area contributed by atoms with Crippen LogP contribution >= 0.6 is 0 Å². The van der Waals surface area contributed by atoms with Crippen LogP contribution in [0.4, 0.5) is 0 Å². The largest absolute Gasteiger partial charge is 0.491 e. The van der Waals surface area contributed by atoms with E-state index in [2.05, 4.69) is 51.2 Å². The summed E-state index contributed by atoms with van der Waals surface area (Å²) in [5, 5.41) is 13.6. The van der Waals surface area contributed by atoms with E-state index in [1.165, 1.54) is 5.56 Å². The third-order valence-corrected chi connectivity index (χ3v) is 4.09. The molecule has 24 heavy (non-hydrogen) atoms. The van der Waals surface area contributed by atoms with E-state index in [-0.39, 0.29) is 18.1 Å². The molecule has 0 heterocycles. The molecule has 2 rings (SSSR count). The predicted octanol–water partition coefficient (Wildman–Crippen LogP) is 4.07. The molecule has 0 radical (unpaired) electrons. The molecule has 3 heteroatoms. The highest BCUT2D eigenvalue weighted by Crippen LogP contribution is 2.30. The predicted molar refractivity (Wildman–Crippen MR) is 99.5 cm³/mol. The van der Waals surface area contributed by atoms with Crippen LogP contribution in [0.1, 0.15) is 44.9 Å². The lowest BCUT2D eigenvalue weighted by molar-refractivity contribution is 0.103. The van der Waals surface area contributed by atoms with Gasteiger partial charge in [0.1, 0.15) is 18.5 Å². The van der Waals surface area contributed by atoms with Gasteiger partial charge < -0.3 is 15.2 Å². The summed E-state index contributed by atoms with van der Waals surface area (Å²) >= 11 is 0. The Labute approximate surface area is 145 Å². The maximum Gasteiger partial charge on any atom is 0.123 e. The number of rotatable bonds is 7. The van der Waals surface area contributed by atoms with Crippen LogP contribution in [0.2, 0.25) is 0 Å². The van der Waals surface area contributed by atoms with Crippen molar-refractivity contribution in [1.29, 1.82) is 0 Å². The van der Waals surface area contributed by atoms with Crippen LogP contribution < -0.4 is 10.1 Å². The molecule has 130 valence electrons. The number of hydrogen-bond acceptors (Lipinski definition) is 3. The summed E-state index contributed by atoms with van der Waals surface area (Å²) in [5.74, 6) is 0.847. The van der Waals surface area contributed by atoms with Gasteiger partial charge in [0.25, 0.3) is 0 Å². The summed E-state index contributed by atoms with van der Waals surface area (Å²) in [5.41, 5.74) is 2.38. The van der Waals surface area contributed by atoms with Crippen molar-refractivity contribution in [2.45, 2.75) is 45.3 Å². The summed E-state index contributed by atoms with van der Waals surface area (Å²) in [4.78, 5) is 0. The molecule has 0 unspecified atom stereocenters. The van der Waals surface area contributed by atoms with Gasteiger partial charge in [-0.25, -0.2) is 0 Å². The summed E-state index contributed by atoms with van der Waals surface area (Å²) in [7, 11) is 0. The second-order valence-electron chi connectivity index (χ2n) is 7.25. The van der Waals surface area contributed by atoms with Crippen LogP contribution in [-0.4, -0.2) is 24.4 Å². The van der Waals surface area contributed by atoms with Crippen LogP contribution in [0.15, 0.2) is 54.6 Å². The molecule has 0 aliphatic carbocycles. The average Bonchev–Trinajstić information content (AvgIpc) is 2.58. The number of para-hydroxylation sites is 1. The molecule has 0 saturated heterocycles. The van der Waals surface area contributed by atoms with Crippen molar-refractivity contribution in [3.05, 3.63) is 65.7 Å². The van der Waals surface area contributed by atoms with Crippen molar-refractivity contribution in [2.75, 3.05) is 13.2 Å². The zero-order valence-electron chi connectivity index (χ0n) is 15.1. The van der Waals surface area contributed by atoms with Gasteiger partial charge in [0.05, 0.1) is 0 Å². The van der Waals surface area contributed by atoms with Crippen molar-refractivity contribution in [3.63, 3.8) is 0 Å². The SMILES string of the molecule is C[C@H](NC[C@@H](O)COc1ccccc1C(C)(C)C)c1ccccc1. The summed E-state index contributed by atoms with van der Waals surface area (Å²) in [6.07, 6.45) is -0.552. The first-order valence-electron chi connectivity index (χ1n) is 8.56. The minimum Gasteiger partial charge on any atom is -0.491 e. The molecule has 2 aromatic carbocycles. The van der Waals surface area contributed by atoms with Gasteiger partial charge in [-0.05, 0) is 29.5 Å². The molecule has 0 amide bonds. The molecular formula is C21H29NO2. The van der Waals surface area contributed by atoms with Gasteiger partial charge in [-0.15, -0.1) is 0 Å². The Kier molecular flexibility index (Phi) is 6.41. The lowest BCUT2D eigenvalue weighted by atomic mass is 9.86. The van der Waals surface area contributed by atoms with E-state index in [1.807, 2.05) is 36.4 Å². The van der Waals surface area contributed by atoms with Gasteiger partial charge in [0.2, 0.25) is 0 Å². The Hall–Kier alpha value is -1.84. The van der Waals surface area contributed by atoms with E-state index < -0.39 is 6.10 Å². The Morgan fingerprint density at radius 2 is 1.62 bits per heavy atom. The van der Waals surface area contributed by atoms with E-state index in [1.54, 1.807) is 0 Å². The molecule has 2 atom stereocenters.